The van der Waals surface area contributed by atoms with Gasteiger partial charge < -0.3 is 11.5 Å². The van der Waals surface area contributed by atoms with Crippen LogP contribution in [0.1, 0.15) is 291 Å². The highest BCUT2D eigenvalue weighted by Gasteiger charge is 2.38. The van der Waals surface area contributed by atoms with Crippen molar-refractivity contribution >= 4 is 11.4 Å². The first-order chi connectivity index (χ1) is 33.5. The molecule has 1 aliphatic rings. The Bertz CT molecular complexity index is 1700. The first kappa shape index (κ1) is 55.4. The van der Waals surface area contributed by atoms with Crippen LogP contribution in [0.2, 0.25) is 0 Å². The molecule has 0 bridgehead atoms. The van der Waals surface area contributed by atoms with Crippen LogP contribution in [0.5, 0.6) is 0 Å². The molecule has 2 nitrogen and oxygen atoms in total. The second kappa shape index (κ2) is 33.1. The molecule has 0 aliphatic heterocycles. The van der Waals surface area contributed by atoms with Gasteiger partial charge in [-0.25, -0.2) is 0 Å². The maximum Gasteiger partial charge on any atom is 0.0314 e. The Hall–Kier alpha value is -3.52. The van der Waals surface area contributed by atoms with Gasteiger partial charge >= 0.3 is 0 Å². The maximum absolute atomic E-state index is 6.22. The van der Waals surface area contributed by atoms with Crippen LogP contribution in [-0.4, -0.2) is 0 Å². The predicted octanol–water partition coefficient (Wildman–Crippen LogP) is 20.7. The highest BCUT2D eigenvalue weighted by atomic mass is 14.5. The Morgan fingerprint density at radius 1 is 0.353 bits per heavy atom. The highest BCUT2D eigenvalue weighted by Crippen LogP contribution is 2.48. The summed E-state index contributed by atoms with van der Waals surface area (Å²) < 4.78 is 0. The summed E-state index contributed by atoms with van der Waals surface area (Å²) in [5.74, 6) is 1.66. The SMILES string of the molecule is CCCCCCCCCCCCC1CCC(c2ccc(C(CCCCCCCCCCC)c3ccc(N)cc3)cc2)(c2ccc(C(CCCCCCCCCCC)c3ccc(N)cc3)cc2)CC1. The van der Waals surface area contributed by atoms with Crippen molar-refractivity contribution in [1.29, 1.82) is 0 Å². The number of anilines is 2. The van der Waals surface area contributed by atoms with Crippen LogP contribution in [-0.2, 0) is 5.41 Å². The van der Waals surface area contributed by atoms with Gasteiger partial charge in [0.05, 0.1) is 0 Å². The molecule has 4 aromatic carbocycles. The Labute approximate surface area is 420 Å². The van der Waals surface area contributed by atoms with Crippen molar-refractivity contribution in [3.63, 3.8) is 0 Å². The summed E-state index contributed by atoms with van der Waals surface area (Å²) in [4.78, 5) is 0. The molecule has 0 heterocycles. The van der Waals surface area contributed by atoms with Gasteiger partial charge in [0.25, 0.3) is 0 Å². The van der Waals surface area contributed by atoms with E-state index >= 15 is 0 Å². The number of hydrogen-bond donors (Lipinski definition) is 2. The summed E-state index contributed by atoms with van der Waals surface area (Å²) in [6.45, 7) is 6.94. The van der Waals surface area contributed by atoms with E-state index in [-0.39, 0.29) is 5.41 Å². The van der Waals surface area contributed by atoms with Crippen LogP contribution in [0.15, 0.2) is 97.1 Å². The Morgan fingerprint density at radius 2 is 0.618 bits per heavy atom. The fourth-order valence-electron chi connectivity index (χ4n) is 12.0. The standard InChI is InChI=1S/C66H102N2/c1-4-7-10-13-16-19-22-23-26-29-32-55-51-53-66(54-52-55,60-43-35-56(36-44-60)64(58-39-47-62(67)48-40-58)33-30-27-24-20-17-14-11-8-5-2)61-45-37-57(38-46-61)65(59-41-49-63(68)50-42-59)34-31-28-25-21-18-15-12-9-6-3/h35-50,55,64-65H,4-34,51-54,67-68H2,1-3H3. The lowest BCUT2D eigenvalue weighted by molar-refractivity contribution is 0.250. The average Bonchev–Trinajstić information content (AvgIpc) is 3.37. The summed E-state index contributed by atoms with van der Waals surface area (Å²) in [5, 5.41) is 0. The van der Waals surface area contributed by atoms with E-state index in [1.54, 1.807) is 0 Å². The fraction of sp³-hybridized carbons (Fsp3) is 0.636. The molecule has 68 heavy (non-hydrogen) atoms. The quantitative estimate of drug-likeness (QED) is 0.0350. The lowest BCUT2D eigenvalue weighted by Gasteiger charge is -2.42. The van der Waals surface area contributed by atoms with E-state index in [1.165, 1.54) is 258 Å². The molecule has 1 saturated carbocycles. The smallest absolute Gasteiger partial charge is 0.0314 e. The molecule has 4 aromatic rings. The lowest BCUT2D eigenvalue weighted by Crippen LogP contribution is -2.33. The van der Waals surface area contributed by atoms with E-state index in [0.29, 0.717) is 11.8 Å². The molecule has 4 N–H and O–H groups in total. The molecule has 2 atom stereocenters. The largest absolute Gasteiger partial charge is 0.399 e. The van der Waals surface area contributed by atoms with Gasteiger partial charge in [-0.2, -0.15) is 0 Å². The molecule has 0 aromatic heterocycles. The van der Waals surface area contributed by atoms with Crippen LogP contribution in [0.3, 0.4) is 0 Å². The number of unbranched alkanes of at least 4 members (excludes halogenated alkanes) is 25. The zero-order valence-electron chi connectivity index (χ0n) is 44.4. The van der Waals surface area contributed by atoms with Crippen LogP contribution in [0.4, 0.5) is 11.4 Å². The topological polar surface area (TPSA) is 52.0 Å². The average molecular weight is 924 g/mol. The van der Waals surface area contributed by atoms with Gasteiger partial charge in [0.2, 0.25) is 0 Å². The summed E-state index contributed by atoms with van der Waals surface area (Å²) in [6.07, 6.45) is 47.7. The van der Waals surface area contributed by atoms with E-state index in [0.717, 1.165) is 17.3 Å². The molecule has 5 rings (SSSR count). The van der Waals surface area contributed by atoms with Gasteiger partial charge in [-0.05, 0) is 102 Å². The van der Waals surface area contributed by atoms with Crippen LogP contribution in [0.25, 0.3) is 0 Å². The molecule has 1 fully saturated rings. The van der Waals surface area contributed by atoms with Crippen molar-refractivity contribution < 1.29 is 0 Å². The number of nitrogens with two attached hydrogens (primary N) is 2. The summed E-state index contributed by atoms with van der Waals surface area (Å²) >= 11 is 0. The van der Waals surface area contributed by atoms with E-state index in [4.69, 9.17) is 11.5 Å². The van der Waals surface area contributed by atoms with Crippen molar-refractivity contribution in [2.75, 3.05) is 11.5 Å². The van der Waals surface area contributed by atoms with Gasteiger partial charge in [0.1, 0.15) is 0 Å². The Balaban J connectivity index is 1.30. The second-order valence-corrected chi connectivity index (χ2v) is 21.9. The highest BCUT2D eigenvalue weighted by molar-refractivity contribution is 5.47. The molecule has 2 heteroatoms. The third-order valence-corrected chi connectivity index (χ3v) is 16.5. The van der Waals surface area contributed by atoms with E-state index in [9.17, 15) is 0 Å². The van der Waals surface area contributed by atoms with E-state index in [1.807, 2.05) is 0 Å². The summed E-state index contributed by atoms with van der Waals surface area (Å²) in [7, 11) is 0. The van der Waals surface area contributed by atoms with E-state index in [2.05, 4.69) is 118 Å². The third kappa shape index (κ3) is 19.3. The molecule has 376 valence electrons. The van der Waals surface area contributed by atoms with Crippen LogP contribution < -0.4 is 11.5 Å². The van der Waals surface area contributed by atoms with Crippen molar-refractivity contribution in [3.8, 4) is 0 Å². The lowest BCUT2D eigenvalue weighted by atomic mass is 9.62. The van der Waals surface area contributed by atoms with Gasteiger partial charge in [0.15, 0.2) is 0 Å². The maximum atomic E-state index is 6.22. The van der Waals surface area contributed by atoms with Crippen LogP contribution in [0, 0.1) is 5.92 Å². The molecular formula is C66H102N2. The molecule has 2 unspecified atom stereocenters. The van der Waals surface area contributed by atoms with Gasteiger partial charge in [-0.3, -0.25) is 0 Å². The molecule has 0 radical (unpaired) electrons. The molecular weight excluding hydrogens is 821 g/mol. The minimum Gasteiger partial charge on any atom is -0.399 e. The molecule has 1 aliphatic carbocycles. The Morgan fingerprint density at radius 3 is 0.926 bits per heavy atom. The minimum absolute atomic E-state index is 0.0486. The first-order valence-corrected chi connectivity index (χ1v) is 29.4. The van der Waals surface area contributed by atoms with Gasteiger partial charge in [-0.15, -0.1) is 0 Å². The second-order valence-electron chi connectivity index (χ2n) is 21.9. The van der Waals surface area contributed by atoms with Gasteiger partial charge in [0, 0.05) is 28.6 Å². The normalized spacial score (nSPS) is 17.1. The number of nitrogen functional groups attached to an aromatic ring is 2. The van der Waals surface area contributed by atoms with Crippen molar-refractivity contribution in [3.05, 3.63) is 130 Å². The number of hydrogen-bond acceptors (Lipinski definition) is 2. The third-order valence-electron chi connectivity index (χ3n) is 16.5. The fourth-order valence-corrected chi connectivity index (χ4v) is 12.0. The molecule has 0 saturated heterocycles. The minimum atomic E-state index is 0.0486. The summed E-state index contributed by atoms with van der Waals surface area (Å²) in [5.41, 5.74) is 23.0. The zero-order valence-corrected chi connectivity index (χ0v) is 44.4. The monoisotopic (exact) mass is 923 g/mol. The zero-order chi connectivity index (χ0) is 47.9. The van der Waals surface area contributed by atoms with Crippen LogP contribution >= 0.6 is 0 Å². The van der Waals surface area contributed by atoms with Crippen molar-refractivity contribution in [2.24, 2.45) is 5.92 Å². The molecule has 0 amide bonds. The molecule has 0 spiro atoms. The first-order valence-electron chi connectivity index (χ1n) is 29.4. The number of rotatable bonds is 37. The Kier molecular flexibility index (Phi) is 27.0. The predicted molar refractivity (Wildman–Crippen MR) is 301 cm³/mol. The van der Waals surface area contributed by atoms with Crippen molar-refractivity contribution in [2.45, 2.75) is 263 Å². The van der Waals surface area contributed by atoms with E-state index < -0.39 is 0 Å². The summed E-state index contributed by atoms with van der Waals surface area (Å²) in [6, 6.07) is 37.8. The number of benzene rings is 4. The van der Waals surface area contributed by atoms with Gasteiger partial charge in [-0.1, -0.05) is 280 Å². The van der Waals surface area contributed by atoms with Crippen molar-refractivity contribution in [1.82, 2.24) is 0 Å².